The van der Waals surface area contributed by atoms with Crippen LogP contribution in [0.25, 0.3) is 0 Å². The standard InChI is InChI=1S/C12H17FN2O2S2/c1-3-12(4-2,11(14)18)15-19(16,17)10-7-5-9(13)6-8-10/h5-8,15H,3-4H2,1-2H3,(H2,14,18). The molecule has 4 nitrogen and oxygen atoms in total. The van der Waals surface area contributed by atoms with E-state index in [0.717, 1.165) is 12.1 Å². The maximum atomic E-state index is 12.8. The fourth-order valence-corrected chi connectivity index (χ4v) is 3.65. The zero-order valence-electron chi connectivity index (χ0n) is 10.8. The highest BCUT2D eigenvalue weighted by Gasteiger charge is 2.34. The van der Waals surface area contributed by atoms with Crippen LogP contribution in [0.1, 0.15) is 26.7 Å². The Morgan fingerprint density at radius 2 is 1.79 bits per heavy atom. The highest BCUT2D eigenvalue weighted by Crippen LogP contribution is 2.20. The molecule has 0 unspecified atom stereocenters. The van der Waals surface area contributed by atoms with E-state index >= 15 is 0 Å². The molecule has 0 aromatic heterocycles. The third kappa shape index (κ3) is 3.49. The van der Waals surface area contributed by atoms with Gasteiger partial charge in [0, 0.05) is 0 Å². The normalized spacial score (nSPS) is 12.4. The molecule has 3 N–H and O–H groups in total. The summed E-state index contributed by atoms with van der Waals surface area (Å²) in [5.41, 5.74) is 4.69. The van der Waals surface area contributed by atoms with E-state index in [1.54, 1.807) is 13.8 Å². The van der Waals surface area contributed by atoms with Gasteiger partial charge in [0.05, 0.1) is 15.4 Å². The van der Waals surface area contributed by atoms with Crippen molar-refractivity contribution in [3.05, 3.63) is 30.1 Å². The van der Waals surface area contributed by atoms with Crippen molar-refractivity contribution >= 4 is 27.2 Å². The van der Waals surface area contributed by atoms with Crippen molar-refractivity contribution in [1.82, 2.24) is 4.72 Å². The first kappa shape index (κ1) is 16.0. The summed E-state index contributed by atoms with van der Waals surface area (Å²) in [7, 11) is -3.79. The molecule has 0 bridgehead atoms. The van der Waals surface area contributed by atoms with Gasteiger partial charge in [0.1, 0.15) is 5.82 Å². The van der Waals surface area contributed by atoms with E-state index in [2.05, 4.69) is 4.72 Å². The number of hydrogen-bond acceptors (Lipinski definition) is 3. The maximum absolute atomic E-state index is 12.8. The number of nitrogens with two attached hydrogens (primary N) is 1. The van der Waals surface area contributed by atoms with E-state index in [1.165, 1.54) is 12.1 Å². The molecule has 0 fully saturated rings. The quantitative estimate of drug-likeness (QED) is 0.788. The van der Waals surface area contributed by atoms with E-state index in [0.29, 0.717) is 12.8 Å². The van der Waals surface area contributed by atoms with Crippen LogP contribution in [0.15, 0.2) is 29.2 Å². The van der Waals surface area contributed by atoms with Crippen LogP contribution >= 0.6 is 12.2 Å². The summed E-state index contributed by atoms with van der Waals surface area (Å²) in [5.74, 6) is -0.495. The van der Waals surface area contributed by atoms with Crippen molar-refractivity contribution in [1.29, 1.82) is 0 Å². The summed E-state index contributed by atoms with van der Waals surface area (Å²) in [4.78, 5) is 0.0830. The molecule has 0 aliphatic rings. The molecule has 0 spiro atoms. The number of sulfonamides is 1. The van der Waals surface area contributed by atoms with Crippen LogP contribution in [0.2, 0.25) is 0 Å². The summed E-state index contributed by atoms with van der Waals surface area (Å²) >= 11 is 4.96. The van der Waals surface area contributed by atoms with Crippen LogP contribution in [-0.4, -0.2) is 18.9 Å². The Balaban J connectivity index is 3.14. The van der Waals surface area contributed by atoms with Gasteiger partial charge in [-0.15, -0.1) is 0 Å². The molecule has 0 saturated heterocycles. The van der Waals surface area contributed by atoms with Gasteiger partial charge >= 0.3 is 0 Å². The predicted octanol–water partition coefficient (Wildman–Crippen LogP) is 1.95. The molecule has 1 aromatic rings. The highest BCUT2D eigenvalue weighted by atomic mass is 32.2. The summed E-state index contributed by atoms with van der Waals surface area (Å²) in [6, 6.07) is 4.59. The van der Waals surface area contributed by atoms with Gasteiger partial charge in [-0.2, -0.15) is 4.72 Å². The Hall–Kier alpha value is -1.05. The van der Waals surface area contributed by atoms with Crippen molar-refractivity contribution in [2.75, 3.05) is 0 Å². The number of thiocarbonyl (C=S) groups is 1. The first-order valence-electron chi connectivity index (χ1n) is 5.87. The molecule has 1 aromatic carbocycles. The summed E-state index contributed by atoms with van der Waals surface area (Å²) in [6.07, 6.45) is 0.887. The van der Waals surface area contributed by atoms with Crippen LogP contribution in [0.5, 0.6) is 0 Å². The number of hydrogen-bond donors (Lipinski definition) is 2. The second kappa shape index (κ2) is 5.94. The lowest BCUT2D eigenvalue weighted by Gasteiger charge is -2.31. The number of rotatable bonds is 6. The minimum absolute atomic E-state index is 0.0172. The Morgan fingerprint density at radius 3 is 2.16 bits per heavy atom. The van der Waals surface area contributed by atoms with E-state index < -0.39 is 21.4 Å². The lowest BCUT2D eigenvalue weighted by Crippen LogP contribution is -2.55. The average Bonchev–Trinajstić information content (AvgIpc) is 2.36. The lowest BCUT2D eigenvalue weighted by molar-refractivity contribution is 0.465. The van der Waals surface area contributed by atoms with E-state index in [9.17, 15) is 12.8 Å². The highest BCUT2D eigenvalue weighted by molar-refractivity contribution is 7.89. The number of nitrogens with one attached hydrogen (secondary N) is 1. The van der Waals surface area contributed by atoms with Gasteiger partial charge in [-0.1, -0.05) is 26.1 Å². The predicted molar refractivity (Wildman–Crippen MR) is 76.8 cm³/mol. The zero-order valence-corrected chi connectivity index (χ0v) is 12.4. The van der Waals surface area contributed by atoms with Gasteiger partial charge in [-0.05, 0) is 37.1 Å². The summed E-state index contributed by atoms with van der Waals surface area (Å²) in [5, 5.41) is 0. The average molecular weight is 304 g/mol. The van der Waals surface area contributed by atoms with E-state index in [-0.39, 0.29) is 9.88 Å². The molecular weight excluding hydrogens is 287 g/mol. The monoisotopic (exact) mass is 304 g/mol. The fraction of sp³-hybridized carbons (Fsp3) is 0.417. The van der Waals surface area contributed by atoms with Crippen LogP contribution in [0, 0.1) is 5.82 Å². The van der Waals surface area contributed by atoms with Crippen molar-refractivity contribution in [2.45, 2.75) is 37.1 Å². The first-order chi connectivity index (χ1) is 8.77. The van der Waals surface area contributed by atoms with Crippen molar-refractivity contribution in [3.8, 4) is 0 Å². The third-order valence-corrected chi connectivity index (χ3v) is 5.08. The van der Waals surface area contributed by atoms with Crippen molar-refractivity contribution in [3.63, 3.8) is 0 Å². The van der Waals surface area contributed by atoms with E-state index in [1.807, 2.05) is 0 Å². The second-order valence-corrected chi connectivity index (χ2v) is 6.34. The minimum atomic E-state index is -3.79. The lowest BCUT2D eigenvalue weighted by atomic mass is 9.94. The Morgan fingerprint density at radius 1 is 1.32 bits per heavy atom. The fourth-order valence-electron chi connectivity index (χ4n) is 1.72. The Bertz CT molecular complexity index is 552. The topological polar surface area (TPSA) is 72.2 Å². The largest absolute Gasteiger partial charge is 0.392 e. The maximum Gasteiger partial charge on any atom is 0.241 e. The molecule has 0 aliphatic carbocycles. The summed E-state index contributed by atoms with van der Waals surface area (Å²) < 4.78 is 39.8. The molecule has 19 heavy (non-hydrogen) atoms. The van der Waals surface area contributed by atoms with Crippen LogP contribution in [0.4, 0.5) is 4.39 Å². The van der Waals surface area contributed by atoms with Gasteiger partial charge in [0.25, 0.3) is 0 Å². The van der Waals surface area contributed by atoms with Crippen LogP contribution in [0.3, 0.4) is 0 Å². The second-order valence-electron chi connectivity index (χ2n) is 4.21. The zero-order chi connectivity index (χ0) is 14.7. The third-order valence-electron chi connectivity index (χ3n) is 3.13. The molecule has 106 valence electrons. The number of halogens is 1. The molecular formula is C12H17FN2O2S2. The molecule has 0 aliphatic heterocycles. The first-order valence-corrected chi connectivity index (χ1v) is 7.76. The SMILES string of the molecule is CCC(CC)(NS(=O)(=O)c1ccc(F)cc1)C(N)=S. The van der Waals surface area contributed by atoms with Gasteiger partial charge < -0.3 is 5.73 Å². The minimum Gasteiger partial charge on any atom is -0.392 e. The smallest absolute Gasteiger partial charge is 0.241 e. The van der Waals surface area contributed by atoms with E-state index in [4.69, 9.17) is 18.0 Å². The van der Waals surface area contributed by atoms with Gasteiger partial charge in [-0.3, -0.25) is 0 Å². The van der Waals surface area contributed by atoms with Crippen LogP contribution in [-0.2, 0) is 10.0 Å². The molecule has 0 heterocycles. The summed E-state index contributed by atoms with van der Waals surface area (Å²) in [6.45, 7) is 3.60. The molecule has 0 saturated carbocycles. The van der Waals surface area contributed by atoms with Gasteiger partial charge in [-0.25, -0.2) is 12.8 Å². The molecule has 0 amide bonds. The molecule has 1 rings (SSSR count). The Kier molecular flexibility index (Phi) is 5.00. The van der Waals surface area contributed by atoms with Crippen molar-refractivity contribution in [2.24, 2.45) is 5.73 Å². The van der Waals surface area contributed by atoms with Crippen LogP contribution < -0.4 is 10.5 Å². The molecule has 0 radical (unpaired) electrons. The van der Waals surface area contributed by atoms with Gasteiger partial charge in [0.15, 0.2) is 0 Å². The Labute approximate surface area is 118 Å². The molecule has 7 heteroatoms. The number of benzene rings is 1. The van der Waals surface area contributed by atoms with Crippen molar-refractivity contribution < 1.29 is 12.8 Å². The van der Waals surface area contributed by atoms with Gasteiger partial charge in [0.2, 0.25) is 10.0 Å². The molecule has 0 atom stereocenters.